The molecule has 0 heterocycles. The van der Waals surface area contributed by atoms with Crippen molar-refractivity contribution in [2.75, 3.05) is 6.54 Å². The topological polar surface area (TPSA) is 35.2 Å². The maximum atomic E-state index is 12.9. The Morgan fingerprint density at radius 1 is 1.40 bits per heavy atom. The summed E-state index contributed by atoms with van der Waals surface area (Å²) in [5.41, 5.74) is 5.57. The van der Waals surface area contributed by atoms with Gasteiger partial charge in [-0.2, -0.15) is 0 Å². The summed E-state index contributed by atoms with van der Waals surface area (Å²) in [7, 11) is 0. The van der Waals surface area contributed by atoms with Crippen molar-refractivity contribution in [1.82, 2.24) is 0 Å². The first-order chi connectivity index (χ1) is 6.93. The van der Waals surface area contributed by atoms with E-state index in [2.05, 4.69) is 0 Å². The number of benzene rings is 1. The van der Waals surface area contributed by atoms with Gasteiger partial charge in [0.2, 0.25) is 0 Å². The zero-order valence-corrected chi connectivity index (χ0v) is 9.46. The Kier molecular flexibility index (Phi) is 3.69. The zero-order chi connectivity index (χ0) is 11.5. The third kappa shape index (κ3) is 3.51. The van der Waals surface area contributed by atoms with Crippen molar-refractivity contribution in [2.24, 2.45) is 11.1 Å². The highest BCUT2D eigenvalue weighted by atomic mass is 19.1. The Balaban J connectivity index is 2.76. The highest BCUT2D eigenvalue weighted by Crippen LogP contribution is 2.24. The van der Waals surface area contributed by atoms with E-state index in [9.17, 15) is 4.39 Å². The smallest absolute Gasteiger partial charge is 0.126 e. The molecule has 0 aliphatic carbocycles. The Morgan fingerprint density at radius 2 is 2.07 bits per heavy atom. The lowest BCUT2D eigenvalue weighted by Gasteiger charge is -2.30. The Labute approximate surface area is 90.2 Å². The fourth-order valence-corrected chi connectivity index (χ4v) is 1.28. The summed E-state index contributed by atoms with van der Waals surface area (Å²) in [4.78, 5) is 0. The molecule has 0 aliphatic heterocycles. The highest BCUT2D eigenvalue weighted by molar-refractivity contribution is 5.22. The largest absolute Gasteiger partial charge is 0.488 e. The van der Waals surface area contributed by atoms with Crippen LogP contribution in [-0.4, -0.2) is 12.6 Å². The Hall–Kier alpha value is -1.09. The second kappa shape index (κ2) is 4.62. The molecule has 84 valence electrons. The van der Waals surface area contributed by atoms with Crippen LogP contribution in [0.1, 0.15) is 20.8 Å². The van der Waals surface area contributed by atoms with Gasteiger partial charge < -0.3 is 10.5 Å². The first kappa shape index (κ1) is 12.0. The van der Waals surface area contributed by atoms with E-state index in [1.165, 1.54) is 12.1 Å². The molecule has 15 heavy (non-hydrogen) atoms. The van der Waals surface area contributed by atoms with E-state index >= 15 is 0 Å². The normalized spacial score (nSPS) is 13.7. The minimum absolute atomic E-state index is 0.0545. The van der Waals surface area contributed by atoms with E-state index in [0.29, 0.717) is 12.3 Å². The molecule has 1 atom stereocenters. The zero-order valence-electron chi connectivity index (χ0n) is 9.46. The molecule has 0 saturated carbocycles. The van der Waals surface area contributed by atoms with E-state index in [-0.39, 0.29) is 17.3 Å². The molecule has 0 radical (unpaired) electrons. The fraction of sp³-hybridized carbons (Fsp3) is 0.500. The van der Waals surface area contributed by atoms with Gasteiger partial charge in [-0.15, -0.1) is 0 Å². The molecule has 1 unspecified atom stereocenters. The van der Waals surface area contributed by atoms with Gasteiger partial charge in [0.1, 0.15) is 17.7 Å². The SMILES string of the molecule is CC(C)(C)C(CN)Oc1cccc(F)c1. The minimum atomic E-state index is -0.294. The molecule has 0 amide bonds. The first-order valence-electron chi connectivity index (χ1n) is 5.06. The average molecular weight is 211 g/mol. The number of hydrogen-bond acceptors (Lipinski definition) is 2. The van der Waals surface area contributed by atoms with Crippen LogP contribution in [-0.2, 0) is 0 Å². The van der Waals surface area contributed by atoms with E-state index in [4.69, 9.17) is 10.5 Å². The minimum Gasteiger partial charge on any atom is -0.488 e. The molecule has 2 nitrogen and oxygen atoms in total. The molecule has 0 aromatic heterocycles. The molecule has 0 spiro atoms. The predicted octanol–water partition coefficient (Wildman–Crippen LogP) is 2.58. The van der Waals surface area contributed by atoms with Crippen molar-refractivity contribution in [2.45, 2.75) is 26.9 Å². The van der Waals surface area contributed by atoms with Gasteiger partial charge in [0.15, 0.2) is 0 Å². The molecule has 0 bridgehead atoms. The second-order valence-corrected chi connectivity index (χ2v) is 4.67. The summed E-state index contributed by atoms with van der Waals surface area (Å²) in [5.74, 6) is 0.234. The average Bonchev–Trinajstić information content (AvgIpc) is 2.12. The molecular formula is C12H18FNO. The van der Waals surface area contributed by atoms with Gasteiger partial charge in [-0.05, 0) is 12.1 Å². The van der Waals surface area contributed by atoms with Crippen LogP contribution in [0.2, 0.25) is 0 Å². The van der Waals surface area contributed by atoms with Gasteiger partial charge in [-0.25, -0.2) is 4.39 Å². The van der Waals surface area contributed by atoms with Crippen LogP contribution in [0, 0.1) is 11.2 Å². The maximum absolute atomic E-state index is 12.9. The van der Waals surface area contributed by atoms with Crippen molar-refractivity contribution in [3.63, 3.8) is 0 Å². The summed E-state index contributed by atoms with van der Waals surface area (Å²) < 4.78 is 18.6. The van der Waals surface area contributed by atoms with Crippen LogP contribution >= 0.6 is 0 Å². The van der Waals surface area contributed by atoms with E-state index in [1.54, 1.807) is 12.1 Å². The van der Waals surface area contributed by atoms with Gasteiger partial charge in [-0.3, -0.25) is 0 Å². The van der Waals surface area contributed by atoms with Gasteiger partial charge in [0.05, 0.1) is 0 Å². The van der Waals surface area contributed by atoms with Crippen LogP contribution < -0.4 is 10.5 Å². The molecule has 2 N–H and O–H groups in total. The number of rotatable bonds is 3. The van der Waals surface area contributed by atoms with Crippen molar-refractivity contribution >= 4 is 0 Å². The molecule has 0 fully saturated rings. The lowest BCUT2D eigenvalue weighted by Crippen LogP contribution is -2.38. The monoisotopic (exact) mass is 211 g/mol. The molecular weight excluding hydrogens is 193 g/mol. The summed E-state index contributed by atoms with van der Waals surface area (Å²) in [6, 6.07) is 6.12. The van der Waals surface area contributed by atoms with Crippen molar-refractivity contribution in [1.29, 1.82) is 0 Å². The van der Waals surface area contributed by atoms with Gasteiger partial charge in [0, 0.05) is 18.0 Å². The van der Waals surface area contributed by atoms with Crippen molar-refractivity contribution in [3.05, 3.63) is 30.1 Å². The number of hydrogen-bond donors (Lipinski definition) is 1. The molecule has 1 aromatic rings. The second-order valence-electron chi connectivity index (χ2n) is 4.67. The van der Waals surface area contributed by atoms with E-state index < -0.39 is 0 Å². The Morgan fingerprint density at radius 3 is 2.53 bits per heavy atom. The molecule has 1 aromatic carbocycles. The molecule has 3 heteroatoms. The molecule has 0 saturated heterocycles. The number of nitrogens with two attached hydrogens (primary N) is 1. The van der Waals surface area contributed by atoms with Crippen LogP contribution in [0.25, 0.3) is 0 Å². The van der Waals surface area contributed by atoms with E-state index in [1.807, 2.05) is 20.8 Å². The quantitative estimate of drug-likeness (QED) is 0.834. The lowest BCUT2D eigenvalue weighted by molar-refractivity contribution is 0.0938. The number of halogens is 1. The summed E-state index contributed by atoms with van der Waals surface area (Å²) in [6.45, 7) is 6.55. The van der Waals surface area contributed by atoms with Crippen molar-refractivity contribution < 1.29 is 9.13 Å². The van der Waals surface area contributed by atoms with Crippen LogP contribution in [0.5, 0.6) is 5.75 Å². The van der Waals surface area contributed by atoms with Gasteiger partial charge >= 0.3 is 0 Å². The standard InChI is InChI=1S/C12H18FNO/c1-12(2,3)11(8-14)15-10-6-4-5-9(13)7-10/h4-7,11H,8,14H2,1-3H3. The highest BCUT2D eigenvalue weighted by Gasteiger charge is 2.25. The third-order valence-electron chi connectivity index (χ3n) is 2.25. The van der Waals surface area contributed by atoms with Crippen LogP contribution in [0.3, 0.4) is 0 Å². The summed E-state index contributed by atoms with van der Waals surface area (Å²) in [6.07, 6.45) is -0.112. The lowest BCUT2D eigenvalue weighted by atomic mass is 9.89. The van der Waals surface area contributed by atoms with Gasteiger partial charge in [0.25, 0.3) is 0 Å². The summed E-state index contributed by atoms with van der Waals surface area (Å²) in [5, 5.41) is 0. The summed E-state index contributed by atoms with van der Waals surface area (Å²) >= 11 is 0. The van der Waals surface area contributed by atoms with E-state index in [0.717, 1.165) is 0 Å². The third-order valence-corrected chi connectivity index (χ3v) is 2.25. The van der Waals surface area contributed by atoms with Crippen molar-refractivity contribution in [3.8, 4) is 5.75 Å². The maximum Gasteiger partial charge on any atom is 0.126 e. The molecule has 1 rings (SSSR count). The number of ether oxygens (including phenoxy) is 1. The molecule has 0 aliphatic rings. The first-order valence-corrected chi connectivity index (χ1v) is 5.06. The fourth-order valence-electron chi connectivity index (χ4n) is 1.28. The van der Waals surface area contributed by atoms with Crippen LogP contribution in [0.4, 0.5) is 4.39 Å². The van der Waals surface area contributed by atoms with Gasteiger partial charge in [-0.1, -0.05) is 26.8 Å². The Bertz CT molecular complexity index is 320. The predicted molar refractivity (Wildman–Crippen MR) is 59.3 cm³/mol. The van der Waals surface area contributed by atoms with Crippen LogP contribution in [0.15, 0.2) is 24.3 Å².